The molecule has 0 aromatic heterocycles. The number of hydrogen-bond donors (Lipinski definition) is 1. The van der Waals surface area contributed by atoms with Gasteiger partial charge >= 0.3 is 0 Å². The molecule has 0 spiro atoms. The topological polar surface area (TPSA) is 27.1 Å². The van der Waals surface area contributed by atoms with Gasteiger partial charge in [-0.3, -0.25) is 5.41 Å². The molecule has 14 heavy (non-hydrogen) atoms. The van der Waals surface area contributed by atoms with Crippen molar-refractivity contribution in [2.24, 2.45) is 0 Å². The third-order valence-corrected chi connectivity index (χ3v) is 2.48. The number of nitrogens with zero attached hydrogens (tertiary/aromatic N) is 1. The molecule has 0 bridgehead atoms. The van der Waals surface area contributed by atoms with Gasteiger partial charge in [-0.05, 0) is 30.5 Å². The maximum atomic E-state index is 7.73. The van der Waals surface area contributed by atoms with Crippen LogP contribution >= 0.6 is 0 Å². The van der Waals surface area contributed by atoms with Crippen molar-refractivity contribution in [3.8, 4) is 0 Å². The Hall–Kier alpha value is -1.31. The number of amidine groups is 1. The molecule has 0 aliphatic rings. The Morgan fingerprint density at radius 2 is 1.86 bits per heavy atom. The van der Waals surface area contributed by atoms with Crippen LogP contribution in [0.15, 0.2) is 18.2 Å². The van der Waals surface area contributed by atoms with Gasteiger partial charge in [0.25, 0.3) is 0 Å². The monoisotopic (exact) mass is 190 g/mol. The standard InChI is InChI=1S/C12H18N2/c1-9-5-6-11(7-10(9)2)8-12(13)14(3)4/h5-7,13H,8H2,1-4H3. The second-order valence-corrected chi connectivity index (χ2v) is 3.94. The van der Waals surface area contributed by atoms with Crippen molar-refractivity contribution in [1.29, 1.82) is 5.41 Å². The van der Waals surface area contributed by atoms with Gasteiger partial charge in [-0.25, -0.2) is 0 Å². The molecule has 1 N–H and O–H groups in total. The number of rotatable bonds is 2. The molecule has 0 fully saturated rings. The van der Waals surface area contributed by atoms with E-state index in [1.165, 1.54) is 16.7 Å². The van der Waals surface area contributed by atoms with Crippen LogP contribution in [-0.4, -0.2) is 24.8 Å². The zero-order chi connectivity index (χ0) is 10.7. The van der Waals surface area contributed by atoms with Crippen molar-refractivity contribution in [2.75, 3.05) is 14.1 Å². The summed E-state index contributed by atoms with van der Waals surface area (Å²) in [5, 5.41) is 7.73. The minimum Gasteiger partial charge on any atom is -0.366 e. The van der Waals surface area contributed by atoms with Gasteiger partial charge in [-0.15, -0.1) is 0 Å². The molecule has 0 saturated carbocycles. The van der Waals surface area contributed by atoms with E-state index in [1.807, 2.05) is 19.0 Å². The van der Waals surface area contributed by atoms with E-state index in [2.05, 4.69) is 32.0 Å². The zero-order valence-electron chi connectivity index (χ0n) is 9.39. The second kappa shape index (κ2) is 4.27. The van der Waals surface area contributed by atoms with Crippen LogP contribution in [0, 0.1) is 19.3 Å². The van der Waals surface area contributed by atoms with E-state index in [-0.39, 0.29) is 0 Å². The fourth-order valence-corrected chi connectivity index (χ4v) is 1.26. The van der Waals surface area contributed by atoms with Gasteiger partial charge in [-0.1, -0.05) is 18.2 Å². The summed E-state index contributed by atoms with van der Waals surface area (Å²) < 4.78 is 0. The summed E-state index contributed by atoms with van der Waals surface area (Å²) >= 11 is 0. The van der Waals surface area contributed by atoms with E-state index >= 15 is 0 Å². The van der Waals surface area contributed by atoms with Crippen LogP contribution in [0.3, 0.4) is 0 Å². The largest absolute Gasteiger partial charge is 0.366 e. The Labute approximate surface area is 86.1 Å². The van der Waals surface area contributed by atoms with Crippen molar-refractivity contribution < 1.29 is 0 Å². The summed E-state index contributed by atoms with van der Waals surface area (Å²) in [7, 11) is 3.81. The molecule has 0 heterocycles. The summed E-state index contributed by atoms with van der Waals surface area (Å²) in [6.07, 6.45) is 0.716. The first-order chi connectivity index (χ1) is 6.50. The average Bonchev–Trinajstić information content (AvgIpc) is 2.11. The van der Waals surface area contributed by atoms with E-state index in [4.69, 9.17) is 5.41 Å². The van der Waals surface area contributed by atoms with Crippen LogP contribution < -0.4 is 0 Å². The van der Waals surface area contributed by atoms with Crippen molar-refractivity contribution in [1.82, 2.24) is 4.90 Å². The third kappa shape index (κ3) is 2.59. The summed E-state index contributed by atoms with van der Waals surface area (Å²) in [6.45, 7) is 4.22. The summed E-state index contributed by atoms with van der Waals surface area (Å²) in [6, 6.07) is 6.38. The SMILES string of the molecule is Cc1ccc(CC(=N)N(C)C)cc1C. The maximum absolute atomic E-state index is 7.73. The molecule has 1 rings (SSSR count). The van der Waals surface area contributed by atoms with Gasteiger partial charge < -0.3 is 4.90 Å². The Bertz CT molecular complexity index is 340. The van der Waals surface area contributed by atoms with Gasteiger partial charge in [0, 0.05) is 20.5 Å². The predicted octanol–water partition coefficient (Wildman–Crippen LogP) is 2.38. The number of nitrogens with one attached hydrogen (secondary N) is 1. The van der Waals surface area contributed by atoms with Crippen LogP contribution in [0.25, 0.3) is 0 Å². The number of likely N-dealkylation sites (N-methyl/N-ethyl adjacent to an activating group) is 1. The van der Waals surface area contributed by atoms with Crippen LogP contribution in [0.4, 0.5) is 0 Å². The van der Waals surface area contributed by atoms with Gasteiger partial charge in [0.1, 0.15) is 0 Å². The van der Waals surface area contributed by atoms with Gasteiger partial charge in [-0.2, -0.15) is 0 Å². The molecule has 2 heteroatoms. The lowest BCUT2D eigenvalue weighted by atomic mass is 10.0. The number of benzene rings is 1. The first-order valence-corrected chi connectivity index (χ1v) is 4.81. The van der Waals surface area contributed by atoms with Crippen molar-refractivity contribution in [3.05, 3.63) is 34.9 Å². The average molecular weight is 190 g/mol. The van der Waals surface area contributed by atoms with Crippen LogP contribution in [0.5, 0.6) is 0 Å². The molecule has 0 radical (unpaired) electrons. The van der Waals surface area contributed by atoms with E-state index in [0.29, 0.717) is 12.3 Å². The molecule has 0 unspecified atom stereocenters. The zero-order valence-corrected chi connectivity index (χ0v) is 9.39. The molecule has 0 aliphatic heterocycles. The molecule has 1 aromatic rings. The molecule has 76 valence electrons. The quantitative estimate of drug-likeness (QED) is 0.562. The van der Waals surface area contributed by atoms with Crippen molar-refractivity contribution in [3.63, 3.8) is 0 Å². The van der Waals surface area contributed by atoms with Crippen LogP contribution in [-0.2, 0) is 6.42 Å². The fraction of sp³-hybridized carbons (Fsp3) is 0.417. The van der Waals surface area contributed by atoms with E-state index < -0.39 is 0 Å². The highest BCUT2D eigenvalue weighted by atomic mass is 15.1. The summed E-state index contributed by atoms with van der Waals surface area (Å²) in [5.74, 6) is 0.647. The third-order valence-electron chi connectivity index (χ3n) is 2.48. The normalized spacial score (nSPS) is 10.0. The lowest BCUT2D eigenvalue weighted by molar-refractivity contribution is 0.605. The molecule has 0 atom stereocenters. The van der Waals surface area contributed by atoms with Gasteiger partial charge in [0.2, 0.25) is 0 Å². The Morgan fingerprint density at radius 3 is 2.36 bits per heavy atom. The minimum absolute atomic E-state index is 0.647. The molecule has 0 saturated heterocycles. The van der Waals surface area contributed by atoms with Crippen LogP contribution in [0.1, 0.15) is 16.7 Å². The fourth-order valence-electron chi connectivity index (χ4n) is 1.26. The van der Waals surface area contributed by atoms with Crippen molar-refractivity contribution >= 4 is 5.84 Å². The highest BCUT2D eigenvalue weighted by Crippen LogP contribution is 2.10. The number of hydrogen-bond acceptors (Lipinski definition) is 1. The Kier molecular flexibility index (Phi) is 3.28. The van der Waals surface area contributed by atoms with Crippen LogP contribution in [0.2, 0.25) is 0 Å². The minimum atomic E-state index is 0.647. The molecule has 0 aliphatic carbocycles. The maximum Gasteiger partial charge on any atom is 0.0997 e. The van der Waals surface area contributed by atoms with Gasteiger partial charge in [0.05, 0.1) is 5.84 Å². The highest BCUT2D eigenvalue weighted by molar-refractivity contribution is 5.81. The first-order valence-electron chi connectivity index (χ1n) is 4.81. The van der Waals surface area contributed by atoms with E-state index in [0.717, 1.165) is 0 Å². The Morgan fingerprint density at radius 1 is 1.21 bits per heavy atom. The molecule has 2 nitrogen and oxygen atoms in total. The lowest BCUT2D eigenvalue weighted by Gasteiger charge is -2.14. The first kappa shape index (κ1) is 10.8. The number of aryl methyl sites for hydroxylation is 2. The van der Waals surface area contributed by atoms with Crippen molar-refractivity contribution in [2.45, 2.75) is 20.3 Å². The second-order valence-electron chi connectivity index (χ2n) is 3.94. The lowest BCUT2D eigenvalue weighted by Crippen LogP contribution is -2.22. The molecule has 1 aromatic carbocycles. The molecular formula is C12H18N2. The summed E-state index contributed by atoms with van der Waals surface area (Å²) in [5.41, 5.74) is 3.82. The van der Waals surface area contributed by atoms with E-state index in [9.17, 15) is 0 Å². The Balaban J connectivity index is 2.78. The highest BCUT2D eigenvalue weighted by Gasteiger charge is 2.02. The van der Waals surface area contributed by atoms with Gasteiger partial charge in [0.15, 0.2) is 0 Å². The molecule has 0 amide bonds. The smallest absolute Gasteiger partial charge is 0.0997 e. The predicted molar refractivity (Wildman–Crippen MR) is 61.0 cm³/mol. The molecular weight excluding hydrogens is 172 g/mol. The van der Waals surface area contributed by atoms with E-state index in [1.54, 1.807) is 0 Å². The summed E-state index contributed by atoms with van der Waals surface area (Å²) in [4.78, 5) is 1.84.